The molecule has 0 bridgehead atoms. The lowest BCUT2D eigenvalue weighted by Crippen LogP contribution is -2.22. The van der Waals surface area contributed by atoms with Crippen molar-refractivity contribution in [2.75, 3.05) is 19.8 Å². The molecule has 1 rings (SSSR count). The zero-order chi connectivity index (χ0) is 5.82. The third kappa shape index (κ3) is 1.46. The molecule has 0 spiro atoms. The summed E-state index contributed by atoms with van der Waals surface area (Å²) in [6, 6.07) is 0. The van der Waals surface area contributed by atoms with E-state index in [-0.39, 0.29) is 1.43 Å². The van der Waals surface area contributed by atoms with Gasteiger partial charge in [-0.1, -0.05) is 0 Å². The summed E-state index contributed by atoms with van der Waals surface area (Å²) in [4.78, 5) is 0. The van der Waals surface area contributed by atoms with Crippen molar-refractivity contribution >= 4 is 0 Å². The molecule has 0 amide bonds. The molecule has 0 unspecified atom stereocenters. The average molecular weight is 117 g/mol. The third-order valence-electron chi connectivity index (χ3n) is 1.67. The highest BCUT2D eigenvalue weighted by Gasteiger charge is 2.10. The second kappa shape index (κ2) is 3.05. The second-order valence-electron chi connectivity index (χ2n) is 2.29. The minimum absolute atomic E-state index is 0. The fraction of sp³-hybridized carbons (Fsp3) is 1.00. The second-order valence-corrected chi connectivity index (χ2v) is 2.29. The Morgan fingerprint density at radius 2 is 2.12 bits per heavy atom. The van der Waals surface area contributed by atoms with Gasteiger partial charge in [0, 0.05) is 14.6 Å². The van der Waals surface area contributed by atoms with E-state index in [0.29, 0.717) is 0 Å². The van der Waals surface area contributed by atoms with Crippen LogP contribution in [0.1, 0.15) is 14.3 Å². The van der Waals surface area contributed by atoms with Crippen molar-refractivity contribution in [3.8, 4) is 0 Å². The lowest BCUT2D eigenvalue weighted by molar-refractivity contribution is 0.0688. The number of nitrogens with two attached hydrogens (primary N) is 1. The number of hydrogen-bond acceptors (Lipinski definition) is 2. The van der Waals surface area contributed by atoms with E-state index in [1.807, 2.05) is 0 Å². The van der Waals surface area contributed by atoms with Gasteiger partial charge in [0.25, 0.3) is 0 Å². The fourth-order valence-electron chi connectivity index (χ4n) is 0.982. The summed E-state index contributed by atoms with van der Waals surface area (Å²) in [6.07, 6.45) is 2.33. The molecule has 2 N–H and O–H groups in total. The normalized spacial score (nSPS) is 23.6. The zero-order valence-corrected chi connectivity index (χ0v) is 5.10. The molecule has 1 saturated heterocycles. The van der Waals surface area contributed by atoms with E-state index < -0.39 is 0 Å². The lowest BCUT2D eigenvalue weighted by Gasteiger charge is -2.19. The topological polar surface area (TPSA) is 35.2 Å². The molecule has 2 nitrogen and oxygen atoms in total. The maximum Gasteiger partial charge on any atom is 0.0469 e. The molecule has 0 saturated carbocycles. The maximum atomic E-state index is 5.45. The molecule has 2 heteroatoms. The van der Waals surface area contributed by atoms with Gasteiger partial charge in [0.05, 0.1) is 0 Å². The van der Waals surface area contributed by atoms with Crippen molar-refractivity contribution in [1.82, 2.24) is 0 Å². The predicted molar refractivity (Wildman–Crippen MR) is 34.7 cm³/mol. The Kier molecular flexibility index (Phi) is 2.30. The number of ether oxygens (including phenoxy) is 1. The highest BCUT2D eigenvalue weighted by molar-refractivity contribution is 4.62. The maximum absolute atomic E-state index is 5.45. The van der Waals surface area contributed by atoms with Crippen molar-refractivity contribution in [3.63, 3.8) is 0 Å². The Bertz CT molecular complexity index is 64.1. The summed E-state index contributed by atoms with van der Waals surface area (Å²) in [5.41, 5.74) is 5.45. The molecule has 0 aromatic rings. The van der Waals surface area contributed by atoms with Crippen LogP contribution in [0.15, 0.2) is 0 Å². The average Bonchev–Trinajstić information content (AvgIpc) is 1.90. The minimum Gasteiger partial charge on any atom is -0.381 e. The molecule has 0 radical (unpaired) electrons. The first-order valence-electron chi connectivity index (χ1n) is 3.21. The summed E-state index contributed by atoms with van der Waals surface area (Å²) in [7, 11) is 0. The van der Waals surface area contributed by atoms with Gasteiger partial charge in [-0.25, -0.2) is 0 Å². The van der Waals surface area contributed by atoms with E-state index in [2.05, 4.69) is 0 Å². The first kappa shape index (κ1) is 6.05. The van der Waals surface area contributed by atoms with Crippen LogP contribution < -0.4 is 5.73 Å². The fourth-order valence-corrected chi connectivity index (χ4v) is 0.982. The Labute approximate surface area is 51.5 Å². The molecule has 1 aliphatic rings. The van der Waals surface area contributed by atoms with Crippen LogP contribution in [0.3, 0.4) is 0 Å². The van der Waals surface area contributed by atoms with Crippen LogP contribution in [0.4, 0.5) is 0 Å². The van der Waals surface area contributed by atoms with E-state index in [1.54, 1.807) is 0 Å². The third-order valence-corrected chi connectivity index (χ3v) is 1.67. The minimum atomic E-state index is 0. The van der Waals surface area contributed by atoms with Gasteiger partial charge in [-0.3, -0.25) is 0 Å². The van der Waals surface area contributed by atoms with Crippen LogP contribution in [-0.4, -0.2) is 19.8 Å². The molecule has 1 aliphatic heterocycles. The van der Waals surface area contributed by atoms with Gasteiger partial charge in [0.15, 0.2) is 0 Å². The van der Waals surface area contributed by atoms with Crippen LogP contribution in [0.25, 0.3) is 0 Å². The van der Waals surface area contributed by atoms with Gasteiger partial charge in [0.2, 0.25) is 0 Å². The summed E-state index contributed by atoms with van der Waals surface area (Å²) in [5.74, 6) is 0.740. The monoisotopic (exact) mass is 117 g/mol. The Morgan fingerprint density at radius 1 is 1.50 bits per heavy atom. The van der Waals surface area contributed by atoms with Crippen molar-refractivity contribution in [3.05, 3.63) is 0 Å². The SMILES string of the molecule is NCC1CCOCC1.[HH]. The summed E-state index contributed by atoms with van der Waals surface area (Å²) >= 11 is 0. The molecule has 8 heavy (non-hydrogen) atoms. The molecule has 1 heterocycles. The van der Waals surface area contributed by atoms with Gasteiger partial charge in [-0.05, 0) is 25.3 Å². The predicted octanol–water partition coefficient (Wildman–Crippen LogP) is 0.618. The number of hydrogen-bond donors (Lipinski definition) is 1. The van der Waals surface area contributed by atoms with E-state index in [1.165, 1.54) is 0 Å². The highest BCUT2D eigenvalue weighted by atomic mass is 16.5. The molecular formula is C6H15NO. The Hall–Kier alpha value is -0.0800. The van der Waals surface area contributed by atoms with Crippen LogP contribution in [0.2, 0.25) is 0 Å². The number of rotatable bonds is 1. The van der Waals surface area contributed by atoms with Gasteiger partial charge in [0.1, 0.15) is 0 Å². The quantitative estimate of drug-likeness (QED) is 0.546. The largest absolute Gasteiger partial charge is 0.381 e. The summed E-state index contributed by atoms with van der Waals surface area (Å²) < 4.78 is 5.15. The van der Waals surface area contributed by atoms with Crippen molar-refractivity contribution in [2.24, 2.45) is 11.7 Å². The first-order valence-corrected chi connectivity index (χ1v) is 3.21. The van der Waals surface area contributed by atoms with E-state index in [9.17, 15) is 0 Å². The van der Waals surface area contributed by atoms with Crippen LogP contribution in [0, 0.1) is 5.92 Å². The van der Waals surface area contributed by atoms with Gasteiger partial charge in [-0.15, -0.1) is 0 Å². The lowest BCUT2D eigenvalue weighted by atomic mass is 10.0. The van der Waals surface area contributed by atoms with Crippen molar-refractivity contribution in [1.29, 1.82) is 0 Å². The molecule has 50 valence electrons. The van der Waals surface area contributed by atoms with Gasteiger partial charge < -0.3 is 10.5 Å². The molecule has 0 aromatic heterocycles. The standard InChI is InChI=1S/C6H13NO.H2/c7-5-6-1-3-8-4-2-6;/h6H,1-5,7H2;1H. The molecule has 0 aromatic carbocycles. The zero-order valence-electron chi connectivity index (χ0n) is 5.10. The van der Waals surface area contributed by atoms with Crippen molar-refractivity contribution < 1.29 is 6.16 Å². The van der Waals surface area contributed by atoms with Crippen LogP contribution in [0.5, 0.6) is 0 Å². The van der Waals surface area contributed by atoms with E-state index in [4.69, 9.17) is 10.5 Å². The van der Waals surface area contributed by atoms with Crippen LogP contribution >= 0.6 is 0 Å². The summed E-state index contributed by atoms with van der Waals surface area (Å²) in [6.45, 7) is 2.67. The van der Waals surface area contributed by atoms with E-state index >= 15 is 0 Å². The summed E-state index contributed by atoms with van der Waals surface area (Å²) in [5, 5.41) is 0. The van der Waals surface area contributed by atoms with E-state index in [0.717, 1.165) is 38.5 Å². The van der Waals surface area contributed by atoms with Gasteiger partial charge >= 0.3 is 0 Å². The van der Waals surface area contributed by atoms with Crippen LogP contribution in [-0.2, 0) is 4.74 Å². The Balaban J connectivity index is 0.000000640. The highest BCUT2D eigenvalue weighted by Crippen LogP contribution is 2.11. The Morgan fingerprint density at radius 3 is 2.50 bits per heavy atom. The first-order chi connectivity index (χ1) is 3.93. The molecule has 0 atom stereocenters. The van der Waals surface area contributed by atoms with Gasteiger partial charge in [-0.2, -0.15) is 0 Å². The molecule has 1 fully saturated rings. The molecule has 0 aliphatic carbocycles. The van der Waals surface area contributed by atoms with Crippen molar-refractivity contribution in [2.45, 2.75) is 12.8 Å². The smallest absolute Gasteiger partial charge is 0.0469 e. The molecular weight excluding hydrogens is 102 g/mol.